The minimum absolute atomic E-state index is 0.369. The number of amides is 2. The molecule has 3 aromatic rings. The van der Waals surface area contributed by atoms with Crippen molar-refractivity contribution in [1.29, 1.82) is 0 Å². The minimum atomic E-state index is -4.70. The lowest BCUT2D eigenvalue weighted by Crippen LogP contribution is -2.36. The Morgan fingerprint density at radius 3 is 2.64 bits per heavy atom. The van der Waals surface area contributed by atoms with E-state index in [-0.39, 0.29) is 0 Å². The van der Waals surface area contributed by atoms with E-state index in [9.17, 15) is 22.0 Å². The largest absolute Gasteiger partial charge is 0.481 e. The smallest absolute Gasteiger partial charge is 0.333 e. The predicted molar refractivity (Wildman–Crippen MR) is 115 cm³/mol. The number of aryl methyl sites for hydroxylation is 1. The van der Waals surface area contributed by atoms with Crippen LogP contribution in [0.5, 0.6) is 5.88 Å². The number of fused-ring (bicyclic) bond motifs is 1. The Hall–Kier alpha value is -3.67. The van der Waals surface area contributed by atoms with Crippen LogP contribution < -0.4 is 14.8 Å². The second kappa shape index (κ2) is 9.06. The van der Waals surface area contributed by atoms with E-state index in [2.05, 4.69) is 20.3 Å². The van der Waals surface area contributed by atoms with Gasteiger partial charge in [0.1, 0.15) is 5.69 Å². The average molecular weight is 475 g/mol. The zero-order valence-electron chi connectivity index (χ0n) is 17.4. The van der Waals surface area contributed by atoms with Crippen LogP contribution in [-0.2, 0) is 22.9 Å². The van der Waals surface area contributed by atoms with Gasteiger partial charge in [0.05, 0.1) is 12.8 Å². The molecule has 0 bridgehead atoms. The number of carbonyl (C=O) groups excluding carboxylic acids is 1. The van der Waals surface area contributed by atoms with Gasteiger partial charge in [-0.05, 0) is 42.0 Å². The first-order valence-corrected chi connectivity index (χ1v) is 11.4. The number of hydrogen-bond donors (Lipinski definition) is 2. The number of halogens is 2. The van der Waals surface area contributed by atoms with Gasteiger partial charge in [-0.2, -0.15) is 8.42 Å². The van der Waals surface area contributed by atoms with Crippen LogP contribution >= 0.6 is 0 Å². The molecule has 0 atom stereocenters. The average Bonchev–Trinajstić information content (AvgIpc) is 3.28. The van der Waals surface area contributed by atoms with E-state index in [1.165, 1.54) is 7.11 Å². The van der Waals surface area contributed by atoms with E-state index < -0.39 is 33.2 Å². The summed E-state index contributed by atoms with van der Waals surface area (Å²) in [6.07, 6.45) is 2.66. The summed E-state index contributed by atoms with van der Waals surface area (Å²) in [5.74, 6) is 0.369. The Kier molecular flexibility index (Phi) is 6.18. The van der Waals surface area contributed by atoms with Crippen LogP contribution in [0.25, 0.3) is 11.1 Å². The van der Waals surface area contributed by atoms with Crippen molar-refractivity contribution in [1.82, 2.24) is 19.7 Å². The van der Waals surface area contributed by atoms with Crippen molar-refractivity contribution < 1.29 is 26.7 Å². The molecule has 2 heterocycles. The molecule has 33 heavy (non-hydrogen) atoms. The molecule has 4 rings (SSSR count). The molecule has 0 fully saturated rings. The number of sulfonamides is 1. The van der Waals surface area contributed by atoms with Gasteiger partial charge < -0.3 is 10.1 Å². The third-order valence-electron chi connectivity index (χ3n) is 5.16. The molecule has 172 valence electrons. The molecule has 12 heteroatoms. The highest BCUT2D eigenvalue weighted by molar-refractivity contribution is 7.90. The number of nitrogens with one attached hydrogen (secondary N) is 2. The molecule has 0 radical (unpaired) electrons. The van der Waals surface area contributed by atoms with E-state index in [1.807, 2.05) is 12.1 Å². The summed E-state index contributed by atoms with van der Waals surface area (Å²) in [6.45, 7) is 0. The minimum Gasteiger partial charge on any atom is -0.481 e. The van der Waals surface area contributed by atoms with Crippen molar-refractivity contribution in [2.45, 2.75) is 30.7 Å². The second-order valence-corrected chi connectivity index (χ2v) is 8.77. The first kappa shape index (κ1) is 22.5. The van der Waals surface area contributed by atoms with Crippen LogP contribution in [0.3, 0.4) is 0 Å². The Morgan fingerprint density at radius 2 is 1.88 bits per heavy atom. The number of pyridine rings is 1. The zero-order chi connectivity index (χ0) is 23.6. The van der Waals surface area contributed by atoms with Crippen molar-refractivity contribution in [3.63, 3.8) is 0 Å². The number of urea groups is 1. The number of methoxy groups -OCH3 is 1. The summed E-state index contributed by atoms with van der Waals surface area (Å²) < 4.78 is 58.5. The fraction of sp³-hybridized carbons (Fsp3) is 0.238. The molecule has 0 spiro atoms. The van der Waals surface area contributed by atoms with Gasteiger partial charge in [-0.3, -0.25) is 4.98 Å². The number of hydrogen-bond acceptors (Lipinski definition) is 7. The predicted octanol–water partition coefficient (Wildman–Crippen LogP) is 3.48. The van der Waals surface area contributed by atoms with Crippen molar-refractivity contribution in [3.8, 4) is 17.0 Å². The van der Waals surface area contributed by atoms with Crippen LogP contribution in [0, 0.1) is 0 Å². The number of nitrogens with zero attached hydrogens (tertiary/aromatic N) is 3. The molecular formula is C21H19F2N5O4S. The molecule has 1 aliphatic carbocycles. The summed E-state index contributed by atoms with van der Waals surface area (Å²) in [5, 5.41) is 1.59. The fourth-order valence-electron chi connectivity index (χ4n) is 3.74. The SMILES string of the molecule is COc1cc(-c2ccc3c(c2NC(=O)NS(=O)(=O)c2nccnc2C(F)F)CCC3)ccn1. The lowest BCUT2D eigenvalue weighted by atomic mass is 9.98. The third-order valence-corrected chi connectivity index (χ3v) is 6.43. The first-order valence-electron chi connectivity index (χ1n) is 9.88. The van der Waals surface area contributed by atoms with E-state index in [4.69, 9.17) is 4.74 Å². The highest BCUT2D eigenvalue weighted by Gasteiger charge is 2.29. The van der Waals surface area contributed by atoms with Gasteiger partial charge >= 0.3 is 6.03 Å². The second-order valence-electron chi connectivity index (χ2n) is 7.17. The van der Waals surface area contributed by atoms with Gasteiger partial charge in [-0.1, -0.05) is 12.1 Å². The molecule has 1 aliphatic rings. The van der Waals surface area contributed by atoms with Crippen LogP contribution in [-0.4, -0.2) is 36.5 Å². The van der Waals surface area contributed by atoms with Gasteiger partial charge in [0.2, 0.25) is 10.9 Å². The number of ether oxygens (including phenoxy) is 1. The van der Waals surface area contributed by atoms with Gasteiger partial charge in [-0.15, -0.1) is 0 Å². The Balaban J connectivity index is 1.68. The number of alkyl halides is 2. The molecule has 0 saturated heterocycles. The van der Waals surface area contributed by atoms with Crippen LogP contribution in [0.15, 0.2) is 47.9 Å². The lowest BCUT2D eigenvalue weighted by molar-refractivity contribution is 0.141. The Bertz CT molecular complexity index is 1320. The molecule has 9 nitrogen and oxygen atoms in total. The number of anilines is 1. The normalized spacial score (nSPS) is 13.0. The zero-order valence-corrected chi connectivity index (χ0v) is 18.2. The molecule has 2 aromatic heterocycles. The van der Waals surface area contributed by atoms with E-state index in [0.717, 1.165) is 36.4 Å². The quantitative estimate of drug-likeness (QED) is 0.559. The third kappa shape index (κ3) is 4.60. The van der Waals surface area contributed by atoms with E-state index >= 15 is 0 Å². The number of rotatable bonds is 6. The number of aromatic nitrogens is 3. The van der Waals surface area contributed by atoms with Crippen LogP contribution in [0.1, 0.15) is 29.7 Å². The Labute approximate surface area is 188 Å². The monoisotopic (exact) mass is 475 g/mol. The van der Waals surface area contributed by atoms with Crippen molar-refractivity contribution in [2.75, 3.05) is 12.4 Å². The van der Waals surface area contributed by atoms with E-state index in [1.54, 1.807) is 23.1 Å². The van der Waals surface area contributed by atoms with Crippen molar-refractivity contribution in [2.24, 2.45) is 0 Å². The molecule has 2 amide bonds. The van der Waals surface area contributed by atoms with Gasteiger partial charge in [-0.25, -0.2) is 28.3 Å². The summed E-state index contributed by atoms with van der Waals surface area (Å²) in [6, 6.07) is 6.08. The van der Waals surface area contributed by atoms with E-state index in [0.29, 0.717) is 29.1 Å². The maximum Gasteiger partial charge on any atom is 0.333 e. The van der Waals surface area contributed by atoms with Crippen LogP contribution in [0.4, 0.5) is 19.3 Å². The van der Waals surface area contributed by atoms with Crippen molar-refractivity contribution >= 4 is 21.7 Å². The topological polar surface area (TPSA) is 123 Å². The van der Waals surface area contributed by atoms with Crippen LogP contribution in [0.2, 0.25) is 0 Å². The van der Waals surface area contributed by atoms with Crippen molar-refractivity contribution in [3.05, 3.63) is 59.7 Å². The molecule has 1 aromatic carbocycles. The fourth-order valence-corrected chi connectivity index (χ4v) is 4.75. The maximum absolute atomic E-state index is 13.2. The standard InChI is InChI=1S/C21H19F2N5O4S/c1-32-16-11-13(7-8-24-16)15-6-5-12-3-2-4-14(12)17(15)27-21(29)28-33(30,31)20-18(19(22)23)25-9-10-26-20/h5-11,19H,2-4H2,1H3,(H2,27,28,29). The highest BCUT2D eigenvalue weighted by atomic mass is 32.2. The molecule has 0 unspecified atom stereocenters. The lowest BCUT2D eigenvalue weighted by Gasteiger charge is -2.17. The molecule has 0 aliphatic heterocycles. The molecule has 0 saturated carbocycles. The maximum atomic E-state index is 13.2. The molecular weight excluding hydrogens is 456 g/mol. The summed E-state index contributed by atoms with van der Waals surface area (Å²) in [4.78, 5) is 23.6. The summed E-state index contributed by atoms with van der Waals surface area (Å²) in [5.41, 5.74) is 2.64. The van der Waals surface area contributed by atoms with Gasteiger partial charge in [0, 0.05) is 30.2 Å². The van der Waals surface area contributed by atoms with Gasteiger partial charge in [0.25, 0.3) is 16.4 Å². The first-order chi connectivity index (χ1) is 15.8. The number of benzene rings is 1. The summed E-state index contributed by atoms with van der Waals surface area (Å²) >= 11 is 0. The Morgan fingerprint density at radius 1 is 1.09 bits per heavy atom. The highest BCUT2D eigenvalue weighted by Crippen LogP contribution is 2.38. The molecule has 2 N–H and O–H groups in total. The van der Waals surface area contributed by atoms with Gasteiger partial charge in [0.15, 0.2) is 0 Å². The summed E-state index contributed by atoms with van der Waals surface area (Å²) in [7, 11) is -3.22. The number of carbonyl (C=O) groups is 1.